The van der Waals surface area contributed by atoms with Crippen molar-refractivity contribution in [2.45, 2.75) is 18.9 Å². The standard InChI is InChI=1S/C14H16N4O2/c15-7-10-3-4-12(6-14(10)18(19)20)17-8-11-2-1-5-16-13(11)9-17/h3-4,6,11,13,16H,1-2,5,8-9H2. The first-order chi connectivity index (χ1) is 9.69. The zero-order chi connectivity index (χ0) is 14.1. The second kappa shape index (κ2) is 5.10. The van der Waals surface area contributed by atoms with E-state index in [1.165, 1.54) is 18.9 Å². The van der Waals surface area contributed by atoms with Crippen molar-refractivity contribution in [2.75, 3.05) is 24.5 Å². The van der Waals surface area contributed by atoms with Gasteiger partial charge >= 0.3 is 0 Å². The molecule has 2 saturated heterocycles. The van der Waals surface area contributed by atoms with Crippen LogP contribution in [0, 0.1) is 27.4 Å². The number of nitrogens with one attached hydrogen (secondary N) is 1. The van der Waals surface area contributed by atoms with Crippen molar-refractivity contribution >= 4 is 11.4 Å². The first-order valence-electron chi connectivity index (χ1n) is 6.86. The predicted molar refractivity (Wildman–Crippen MR) is 74.5 cm³/mol. The zero-order valence-corrected chi connectivity index (χ0v) is 11.1. The number of nitriles is 1. The van der Waals surface area contributed by atoms with Gasteiger partial charge < -0.3 is 10.2 Å². The minimum atomic E-state index is -0.483. The molecule has 0 aliphatic carbocycles. The normalized spacial score (nSPS) is 25.1. The fourth-order valence-electron chi connectivity index (χ4n) is 3.22. The Hall–Kier alpha value is -2.13. The molecule has 1 aromatic rings. The van der Waals surface area contributed by atoms with Gasteiger partial charge in [-0.2, -0.15) is 5.26 Å². The van der Waals surface area contributed by atoms with E-state index in [0.29, 0.717) is 12.0 Å². The van der Waals surface area contributed by atoms with Crippen LogP contribution in [0.2, 0.25) is 0 Å². The fraction of sp³-hybridized carbons (Fsp3) is 0.500. The van der Waals surface area contributed by atoms with E-state index in [9.17, 15) is 10.1 Å². The van der Waals surface area contributed by atoms with Crippen molar-refractivity contribution in [3.63, 3.8) is 0 Å². The molecule has 6 heteroatoms. The largest absolute Gasteiger partial charge is 0.369 e. The van der Waals surface area contributed by atoms with Crippen LogP contribution in [0.5, 0.6) is 0 Å². The lowest BCUT2D eigenvalue weighted by Gasteiger charge is -2.24. The Labute approximate surface area is 117 Å². The van der Waals surface area contributed by atoms with Gasteiger partial charge in [0.25, 0.3) is 5.69 Å². The number of hydrogen-bond donors (Lipinski definition) is 1. The fourth-order valence-corrected chi connectivity index (χ4v) is 3.22. The predicted octanol–water partition coefficient (Wildman–Crippen LogP) is 1.65. The van der Waals surface area contributed by atoms with E-state index >= 15 is 0 Å². The Bertz CT molecular complexity index is 567. The van der Waals surface area contributed by atoms with Crippen molar-refractivity contribution in [1.29, 1.82) is 5.26 Å². The maximum absolute atomic E-state index is 11.0. The Balaban J connectivity index is 1.86. The average molecular weight is 272 g/mol. The summed E-state index contributed by atoms with van der Waals surface area (Å²) < 4.78 is 0. The molecule has 1 aromatic carbocycles. The van der Waals surface area contributed by atoms with E-state index in [0.717, 1.165) is 25.3 Å². The van der Waals surface area contributed by atoms with E-state index in [1.54, 1.807) is 6.07 Å². The monoisotopic (exact) mass is 272 g/mol. The highest BCUT2D eigenvalue weighted by Crippen LogP contribution is 2.31. The number of hydrogen-bond acceptors (Lipinski definition) is 5. The van der Waals surface area contributed by atoms with Gasteiger partial charge in [-0.3, -0.25) is 10.1 Å². The van der Waals surface area contributed by atoms with Crippen molar-refractivity contribution in [3.05, 3.63) is 33.9 Å². The molecule has 0 radical (unpaired) electrons. The summed E-state index contributed by atoms with van der Waals surface area (Å²) in [6.45, 7) is 2.87. The van der Waals surface area contributed by atoms with Crippen LogP contribution in [0.1, 0.15) is 18.4 Å². The molecular weight excluding hydrogens is 256 g/mol. The number of benzene rings is 1. The quantitative estimate of drug-likeness (QED) is 0.654. The van der Waals surface area contributed by atoms with Gasteiger partial charge in [0.05, 0.1) is 4.92 Å². The smallest absolute Gasteiger partial charge is 0.289 e. The molecule has 6 nitrogen and oxygen atoms in total. The maximum Gasteiger partial charge on any atom is 0.289 e. The van der Waals surface area contributed by atoms with Crippen LogP contribution in [0.4, 0.5) is 11.4 Å². The van der Waals surface area contributed by atoms with Crippen molar-refractivity contribution in [1.82, 2.24) is 5.32 Å². The van der Waals surface area contributed by atoms with Crippen molar-refractivity contribution < 1.29 is 4.92 Å². The summed E-state index contributed by atoms with van der Waals surface area (Å²) in [7, 11) is 0. The van der Waals surface area contributed by atoms with Crippen LogP contribution < -0.4 is 10.2 Å². The van der Waals surface area contributed by atoms with Crippen LogP contribution in [-0.4, -0.2) is 30.6 Å². The summed E-state index contributed by atoms with van der Waals surface area (Å²) in [6.07, 6.45) is 2.41. The Morgan fingerprint density at radius 3 is 3.00 bits per heavy atom. The van der Waals surface area contributed by atoms with Crippen LogP contribution in [-0.2, 0) is 0 Å². The molecule has 0 spiro atoms. The van der Waals surface area contributed by atoms with Gasteiger partial charge in [-0.25, -0.2) is 0 Å². The Kier molecular flexibility index (Phi) is 3.28. The van der Waals surface area contributed by atoms with E-state index in [4.69, 9.17) is 5.26 Å². The summed E-state index contributed by atoms with van der Waals surface area (Å²) in [5.74, 6) is 0.624. The van der Waals surface area contributed by atoms with E-state index in [1.807, 2.05) is 12.1 Å². The lowest BCUT2D eigenvalue weighted by atomic mass is 9.94. The van der Waals surface area contributed by atoms with Crippen LogP contribution in [0.15, 0.2) is 18.2 Å². The number of anilines is 1. The van der Waals surface area contributed by atoms with Crippen LogP contribution in [0.3, 0.4) is 0 Å². The average Bonchev–Trinajstić information content (AvgIpc) is 2.90. The Morgan fingerprint density at radius 2 is 2.30 bits per heavy atom. The van der Waals surface area contributed by atoms with Gasteiger partial charge in [0.15, 0.2) is 0 Å². The summed E-state index contributed by atoms with van der Waals surface area (Å²) in [5.41, 5.74) is 0.855. The minimum absolute atomic E-state index is 0.104. The molecule has 3 rings (SSSR count). The lowest BCUT2D eigenvalue weighted by Crippen LogP contribution is -2.40. The molecule has 0 bridgehead atoms. The molecule has 2 aliphatic heterocycles. The topological polar surface area (TPSA) is 82.2 Å². The lowest BCUT2D eigenvalue weighted by molar-refractivity contribution is -0.385. The molecule has 1 N–H and O–H groups in total. The SMILES string of the molecule is N#Cc1ccc(N2CC3CCCNC3C2)cc1[N+](=O)[O-]. The van der Waals surface area contributed by atoms with E-state index in [-0.39, 0.29) is 11.3 Å². The molecule has 0 amide bonds. The molecule has 2 atom stereocenters. The third-order valence-corrected chi connectivity index (χ3v) is 4.26. The Morgan fingerprint density at radius 1 is 1.45 bits per heavy atom. The van der Waals surface area contributed by atoms with Gasteiger partial charge in [-0.05, 0) is 37.4 Å². The number of nitrogens with zero attached hydrogens (tertiary/aromatic N) is 3. The molecule has 20 heavy (non-hydrogen) atoms. The number of piperidine rings is 1. The van der Waals surface area contributed by atoms with Crippen LogP contribution >= 0.6 is 0 Å². The number of nitro benzene ring substituents is 1. The van der Waals surface area contributed by atoms with Gasteiger partial charge in [0.2, 0.25) is 0 Å². The summed E-state index contributed by atoms with van der Waals surface area (Å²) in [5, 5.41) is 23.4. The summed E-state index contributed by atoms with van der Waals surface area (Å²) >= 11 is 0. The second-order valence-corrected chi connectivity index (χ2v) is 5.44. The second-order valence-electron chi connectivity index (χ2n) is 5.44. The summed E-state index contributed by atoms with van der Waals surface area (Å²) in [6, 6.07) is 7.23. The van der Waals surface area contributed by atoms with Gasteiger partial charge in [0.1, 0.15) is 11.6 Å². The number of nitro groups is 1. The minimum Gasteiger partial charge on any atom is -0.369 e. The molecular formula is C14H16N4O2. The molecule has 104 valence electrons. The van der Waals surface area contributed by atoms with Crippen molar-refractivity contribution in [2.24, 2.45) is 5.92 Å². The first-order valence-corrected chi connectivity index (χ1v) is 6.86. The highest BCUT2D eigenvalue weighted by Gasteiger charge is 2.34. The van der Waals surface area contributed by atoms with Crippen LogP contribution in [0.25, 0.3) is 0 Å². The van der Waals surface area contributed by atoms with E-state index in [2.05, 4.69) is 10.2 Å². The molecule has 2 unspecified atom stereocenters. The molecule has 0 aromatic heterocycles. The maximum atomic E-state index is 11.0. The summed E-state index contributed by atoms with van der Waals surface area (Å²) in [4.78, 5) is 12.7. The zero-order valence-electron chi connectivity index (χ0n) is 11.1. The molecule has 2 aliphatic rings. The highest BCUT2D eigenvalue weighted by molar-refractivity contribution is 5.61. The number of rotatable bonds is 2. The van der Waals surface area contributed by atoms with Gasteiger partial charge in [-0.1, -0.05) is 0 Å². The number of fused-ring (bicyclic) bond motifs is 1. The third kappa shape index (κ3) is 2.21. The molecule has 0 saturated carbocycles. The highest BCUT2D eigenvalue weighted by atomic mass is 16.6. The van der Waals surface area contributed by atoms with Gasteiger partial charge in [-0.15, -0.1) is 0 Å². The van der Waals surface area contributed by atoms with Crippen molar-refractivity contribution in [3.8, 4) is 6.07 Å². The molecule has 2 heterocycles. The first kappa shape index (κ1) is 12.9. The molecule has 2 fully saturated rings. The third-order valence-electron chi connectivity index (χ3n) is 4.26. The van der Waals surface area contributed by atoms with E-state index < -0.39 is 4.92 Å². The van der Waals surface area contributed by atoms with Gasteiger partial charge in [0, 0.05) is 30.9 Å².